The Hall–Kier alpha value is -2.69. The molecule has 0 fully saturated rings. The van der Waals surface area contributed by atoms with E-state index >= 15 is 0 Å². The van der Waals surface area contributed by atoms with E-state index in [4.69, 9.17) is 0 Å². The first-order valence-electron chi connectivity index (χ1n) is 5.49. The van der Waals surface area contributed by atoms with Gasteiger partial charge >= 0.3 is 0 Å². The van der Waals surface area contributed by atoms with Gasteiger partial charge in [-0.2, -0.15) is 5.10 Å². The zero-order valence-electron chi connectivity index (χ0n) is 9.45. The molecule has 3 aromatic rings. The number of aromatic nitrogens is 3. The smallest absolute Gasteiger partial charge is 0.255 e. The topological polar surface area (TPSA) is 59.3 Å². The largest absolute Gasteiger partial charge is 0.319 e. The van der Waals surface area contributed by atoms with Crippen molar-refractivity contribution in [2.75, 3.05) is 5.32 Å². The van der Waals surface area contributed by atoms with Crippen LogP contribution < -0.4 is 5.32 Å². The van der Waals surface area contributed by atoms with E-state index in [-0.39, 0.29) is 5.91 Å². The molecule has 0 saturated heterocycles. The molecular weight excluding hydrogens is 228 g/mol. The normalized spacial score (nSPS) is 10.4. The van der Waals surface area contributed by atoms with Crippen LogP contribution in [-0.2, 0) is 0 Å². The molecule has 0 saturated carbocycles. The number of amides is 1. The number of imidazole rings is 1. The first-order chi connectivity index (χ1) is 8.84. The maximum Gasteiger partial charge on any atom is 0.255 e. The van der Waals surface area contributed by atoms with E-state index in [1.54, 1.807) is 41.3 Å². The fraction of sp³-hybridized carbons (Fsp3) is 0. The molecule has 5 nitrogen and oxygen atoms in total. The van der Waals surface area contributed by atoms with Crippen LogP contribution in [0.2, 0.25) is 0 Å². The van der Waals surface area contributed by atoms with Crippen LogP contribution in [-0.4, -0.2) is 20.5 Å². The van der Waals surface area contributed by atoms with Crippen molar-refractivity contribution in [3.8, 4) is 0 Å². The molecule has 0 atom stereocenters. The Morgan fingerprint density at radius 3 is 2.78 bits per heavy atom. The molecule has 5 heteroatoms. The zero-order chi connectivity index (χ0) is 12.4. The van der Waals surface area contributed by atoms with Gasteiger partial charge in [-0.1, -0.05) is 18.2 Å². The molecule has 0 aliphatic carbocycles. The van der Waals surface area contributed by atoms with Crippen molar-refractivity contribution in [2.45, 2.75) is 0 Å². The van der Waals surface area contributed by atoms with Crippen LogP contribution in [0.5, 0.6) is 0 Å². The van der Waals surface area contributed by atoms with Gasteiger partial charge in [0.1, 0.15) is 0 Å². The molecule has 0 spiro atoms. The summed E-state index contributed by atoms with van der Waals surface area (Å²) in [7, 11) is 0. The molecule has 0 aliphatic rings. The van der Waals surface area contributed by atoms with Crippen molar-refractivity contribution in [1.29, 1.82) is 0 Å². The number of fused-ring (bicyclic) bond motifs is 1. The summed E-state index contributed by atoms with van der Waals surface area (Å²) < 4.78 is 1.61. The monoisotopic (exact) mass is 238 g/mol. The molecule has 1 N–H and O–H groups in total. The van der Waals surface area contributed by atoms with Crippen LogP contribution in [0.4, 0.5) is 5.69 Å². The average Bonchev–Trinajstić information content (AvgIpc) is 2.89. The molecule has 0 unspecified atom stereocenters. The zero-order valence-corrected chi connectivity index (χ0v) is 9.45. The number of hydrogen-bond acceptors (Lipinski definition) is 3. The second kappa shape index (κ2) is 4.29. The maximum absolute atomic E-state index is 12.0. The second-order valence-corrected chi connectivity index (χ2v) is 3.76. The highest BCUT2D eigenvalue weighted by atomic mass is 16.1. The van der Waals surface area contributed by atoms with Gasteiger partial charge in [0, 0.05) is 18.0 Å². The summed E-state index contributed by atoms with van der Waals surface area (Å²) in [5.41, 5.74) is 1.88. The van der Waals surface area contributed by atoms with Crippen molar-refractivity contribution in [3.05, 3.63) is 60.6 Å². The lowest BCUT2D eigenvalue weighted by molar-refractivity contribution is 0.102. The lowest BCUT2D eigenvalue weighted by Crippen LogP contribution is -2.12. The fourth-order valence-electron chi connectivity index (χ4n) is 1.72. The van der Waals surface area contributed by atoms with Crippen molar-refractivity contribution in [2.24, 2.45) is 0 Å². The molecule has 2 aromatic heterocycles. The predicted octanol–water partition coefficient (Wildman–Crippen LogP) is 1.98. The molecule has 2 heterocycles. The van der Waals surface area contributed by atoms with Crippen molar-refractivity contribution in [1.82, 2.24) is 14.6 Å². The first-order valence-corrected chi connectivity index (χ1v) is 5.49. The standard InChI is InChI=1S/C13H10N4O/c18-13(10-4-2-1-3-5-10)16-11-6-7-15-17-9-8-14-12(11)17/h1-9H,(H,16,18). The van der Waals surface area contributed by atoms with E-state index in [1.165, 1.54) is 0 Å². The summed E-state index contributed by atoms with van der Waals surface area (Å²) in [4.78, 5) is 16.2. The summed E-state index contributed by atoms with van der Waals surface area (Å²) >= 11 is 0. The highest BCUT2D eigenvalue weighted by Gasteiger charge is 2.08. The summed E-state index contributed by atoms with van der Waals surface area (Å²) in [5.74, 6) is -0.160. The number of anilines is 1. The molecule has 0 aliphatic heterocycles. The van der Waals surface area contributed by atoms with Crippen molar-refractivity contribution in [3.63, 3.8) is 0 Å². The third-order valence-electron chi connectivity index (χ3n) is 2.58. The fourth-order valence-corrected chi connectivity index (χ4v) is 1.72. The Morgan fingerprint density at radius 2 is 1.94 bits per heavy atom. The number of nitrogens with zero attached hydrogens (tertiary/aromatic N) is 3. The Balaban J connectivity index is 1.93. The summed E-state index contributed by atoms with van der Waals surface area (Å²) in [6.07, 6.45) is 4.99. The number of carbonyl (C=O) groups excluding carboxylic acids is 1. The Morgan fingerprint density at radius 1 is 1.11 bits per heavy atom. The van der Waals surface area contributed by atoms with Gasteiger partial charge in [0.05, 0.1) is 11.9 Å². The Bertz CT molecular complexity index is 690. The van der Waals surface area contributed by atoms with Crippen LogP contribution in [0.25, 0.3) is 5.65 Å². The molecule has 18 heavy (non-hydrogen) atoms. The van der Waals surface area contributed by atoms with Gasteiger partial charge in [0.25, 0.3) is 5.91 Å². The number of rotatable bonds is 2. The number of benzene rings is 1. The van der Waals surface area contributed by atoms with Gasteiger partial charge in [-0.25, -0.2) is 9.50 Å². The van der Waals surface area contributed by atoms with Gasteiger partial charge in [-0.05, 0) is 18.2 Å². The highest BCUT2D eigenvalue weighted by Crippen LogP contribution is 2.14. The summed E-state index contributed by atoms with van der Waals surface area (Å²) in [6, 6.07) is 10.8. The van der Waals surface area contributed by atoms with Crippen LogP contribution in [0.1, 0.15) is 10.4 Å². The minimum Gasteiger partial charge on any atom is -0.319 e. The molecule has 3 rings (SSSR count). The van der Waals surface area contributed by atoms with E-state index in [9.17, 15) is 4.79 Å². The van der Waals surface area contributed by atoms with Gasteiger partial charge in [0.2, 0.25) is 0 Å². The van der Waals surface area contributed by atoms with E-state index in [0.717, 1.165) is 0 Å². The third kappa shape index (κ3) is 1.82. The lowest BCUT2D eigenvalue weighted by atomic mass is 10.2. The minimum atomic E-state index is -0.160. The van der Waals surface area contributed by atoms with E-state index in [2.05, 4.69) is 15.4 Å². The molecule has 1 amide bonds. The Kier molecular flexibility index (Phi) is 2.49. The van der Waals surface area contributed by atoms with Gasteiger partial charge in [-0.3, -0.25) is 4.79 Å². The molecule has 1 aromatic carbocycles. The van der Waals surface area contributed by atoms with E-state index < -0.39 is 0 Å². The van der Waals surface area contributed by atoms with Gasteiger partial charge < -0.3 is 5.32 Å². The number of nitrogens with one attached hydrogen (secondary N) is 1. The van der Waals surface area contributed by atoms with Gasteiger partial charge in [-0.15, -0.1) is 0 Å². The molecule has 0 bridgehead atoms. The van der Waals surface area contributed by atoms with Crippen molar-refractivity contribution < 1.29 is 4.79 Å². The molecular formula is C13H10N4O. The highest BCUT2D eigenvalue weighted by molar-refractivity contribution is 6.05. The molecule has 0 radical (unpaired) electrons. The Labute approximate surface area is 103 Å². The van der Waals surface area contributed by atoms with Crippen LogP contribution in [0.15, 0.2) is 55.0 Å². The minimum absolute atomic E-state index is 0.160. The lowest BCUT2D eigenvalue weighted by Gasteiger charge is -2.05. The summed E-state index contributed by atoms with van der Waals surface area (Å²) in [5, 5.41) is 6.91. The predicted molar refractivity (Wildman–Crippen MR) is 67.4 cm³/mol. The molecule has 88 valence electrons. The van der Waals surface area contributed by atoms with E-state index in [1.807, 2.05) is 18.2 Å². The third-order valence-corrected chi connectivity index (χ3v) is 2.58. The van der Waals surface area contributed by atoms with Crippen molar-refractivity contribution >= 4 is 17.2 Å². The van der Waals surface area contributed by atoms with E-state index in [0.29, 0.717) is 16.9 Å². The first kappa shape index (κ1) is 10.5. The quantitative estimate of drug-likeness (QED) is 0.742. The average molecular weight is 238 g/mol. The van der Waals surface area contributed by atoms with Crippen LogP contribution >= 0.6 is 0 Å². The number of carbonyl (C=O) groups is 1. The summed E-state index contributed by atoms with van der Waals surface area (Å²) in [6.45, 7) is 0. The SMILES string of the molecule is O=C(Nc1ccnn2ccnc12)c1ccccc1. The van der Waals surface area contributed by atoms with Gasteiger partial charge in [0.15, 0.2) is 5.65 Å². The maximum atomic E-state index is 12.0. The number of hydrogen-bond donors (Lipinski definition) is 1. The van der Waals surface area contributed by atoms with Crippen LogP contribution in [0, 0.1) is 0 Å². The second-order valence-electron chi connectivity index (χ2n) is 3.76. The van der Waals surface area contributed by atoms with Crippen LogP contribution in [0.3, 0.4) is 0 Å².